The van der Waals surface area contributed by atoms with Crippen molar-refractivity contribution in [1.29, 1.82) is 0 Å². The summed E-state index contributed by atoms with van der Waals surface area (Å²) < 4.78 is 0. The van der Waals surface area contributed by atoms with Gasteiger partial charge in [0.1, 0.15) is 0 Å². The van der Waals surface area contributed by atoms with Crippen molar-refractivity contribution in [3.63, 3.8) is 0 Å². The van der Waals surface area contributed by atoms with Crippen molar-refractivity contribution < 1.29 is 9.59 Å². The standard InChI is InChI=1S/C18H24O2/c1-16(2,3)12-9-18(17(4,5)6)11-8-7-10(11)13(12)14(19)15(18)20/h7-11,13H,1-6H3/t10-,11+,13+,18-/m0/s1. The third-order valence-electron chi connectivity index (χ3n) is 5.57. The molecule has 0 amide bonds. The number of rotatable bonds is 0. The van der Waals surface area contributed by atoms with Crippen molar-refractivity contribution >= 4 is 11.6 Å². The van der Waals surface area contributed by atoms with Crippen LogP contribution >= 0.6 is 0 Å². The first-order valence-electron chi connectivity index (χ1n) is 7.52. The van der Waals surface area contributed by atoms with Crippen molar-refractivity contribution in [2.24, 2.45) is 34.0 Å². The molecule has 1 saturated carbocycles. The molecule has 20 heavy (non-hydrogen) atoms. The topological polar surface area (TPSA) is 34.1 Å². The molecule has 0 unspecified atom stereocenters. The molecule has 0 aromatic heterocycles. The van der Waals surface area contributed by atoms with Crippen LogP contribution in [0.3, 0.4) is 0 Å². The molecule has 0 aromatic carbocycles. The predicted octanol–water partition coefficient (Wildman–Crippen LogP) is 3.58. The maximum Gasteiger partial charge on any atom is 0.210 e. The first kappa shape index (κ1) is 13.8. The van der Waals surface area contributed by atoms with E-state index in [4.69, 9.17) is 0 Å². The third kappa shape index (κ3) is 1.35. The summed E-state index contributed by atoms with van der Waals surface area (Å²) in [5, 5.41) is 0. The van der Waals surface area contributed by atoms with Crippen molar-refractivity contribution in [1.82, 2.24) is 0 Å². The molecule has 0 heterocycles. The highest BCUT2D eigenvalue weighted by atomic mass is 16.2. The van der Waals surface area contributed by atoms with Crippen LogP contribution in [0, 0.1) is 34.0 Å². The largest absolute Gasteiger partial charge is 0.290 e. The normalized spacial score (nSPS) is 39.5. The zero-order valence-electron chi connectivity index (χ0n) is 13.3. The second-order valence-corrected chi connectivity index (χ2v) is 8.63. The van der Waals surface area contributed by atoms with Gasteiger partial charge in [0.05, 0.1) is 11.3 Å². The summed E-state index contributed by atoms with van der Waals surface area (Å²) in [5.74, 6) is -0.0734. The van der Waals surface area contributed by atoms with Crippen LogP contribution in [0.1, 0.15) is 41.5 Å². The number of fused-ring (bicyclic) bond motifs is 1. The molecule has 0 aliphatic heterocycles. The molecule has 4 atom stereocenters. The van der Waals surface area contributed by atoms with Gasteiger partial charge in [-0.15, -0.1) is 0 Å². The SMILES string of the molecule is CC(C)(C)C1=C[C@@]2(C(C)(C)C)C(=O)C(=O)[C@@H]1[C@H]1C=C[C@H]12. The monoisotopic (exact) mass is 272 g/mol. The molecule has 0 N–H and O–H groups in total. The number of hydrogen-bond donors (Lipinski definition) is 0. The summed E-state index contributed by atoms with van der Waals surface area (Å²) in [6, 6.07) is 0. The summed E-state index contributed by atoms with van der Waals surface area (Å²) in [5.41, 5.74) is 0.227. The van der Waals surface area contributed by atoms with E-state index in [9.17, 15) is 9.59 Å². The van der Waals surface area contributed by atoms with Gasteiger partial charge in [-0.05, 0) is 16.7 Å². The van der Waals surface area contributed by atoms with E-state index in [0.29, 0.717) is 0 Å². The molecule has 4 aliphatic rings. The van der Waals surface area contributed by atoms with Crippen molar-refractivity contribution in [2.45, 2.75) is 41.5 Å². The zero-order chi connectivity index (χ0) is 15.1. The minimum absolute atomic E-state index is 0.0636. The van der Waals surface area contributed by atoms with Crippen LogP contribution in [0.25, 0.3) is 0 Å². The lowest BCUT2D eigenvalue weighted by molar-refractivity contribution is -0.158. The molecule has 1 fully saturated rings. The molecule has 108 valence electrons. The Hall–Kier alpha value is -1.18. The summed E-state index contributed by atoms with van der Waals surface area (Å²) in [7, 11) is 0. The maximum absolute atomic E-state index is 12.8. The Morgan fingerprint density at radius 1 is 1.00 bits per heavy atom. The molecule has 2 nitrogen and oxygen atoms in total. The second kappa shape index (κ2) is 3.52. The van der Waals surface area contributed by atoms with Gasteiger partial charge in [0.25, 0.3) is 0 Å². The van der Waals surface area contributed by atoms with Gasteiger partial charge in [-0.2, -0.15) is 0 Å². The van der Waals surface area contributed by atoms with Crippen LogP contribution in [-0.2, 0) is 9.59 Å². The van der Waals surface area contributed by atoms with E-state index in [1.54, 1.807) is 0 Å². The molecule has 2 heteroatoms. The Morgan fingerprint density at radius 3 is 2.00 bits per heavy atom. The van der Waals surface area contributed by atoms with E-state index in [-0.39, 0.29) is 40.2 Å². The van der Waals surface area contributed by atoms with Crippen LogP contribution in [0.4, 0.5) is 0 Å². The van der Waals surface area contributed by atoms with Crippen LogP contribution in [-0.4, -0.2) is 11.6 Å². The number of allylic oxidation sites excluding steroid dienone is 4. The Kier molecular flexibility index (Phi) is 2.43. The van der Waals surface area contributed by atoms with E-state index in [1.807, 2.05) is 0 Å². The number of Topliss-reactive ketones (excluding diaryl/α,β-unsaturated/α-hetero) is 2. The van der Waals surface area contributed by atoms with E-state index in [0.717, 1.165) is 0 Å². The minimum Gasteiger partial charge on any atom is -0.290 e. The summed E-state index contributed by atoms with van der Waals surface area (Å²) >= 11 is 0. The highest BCUT2D eigenvalue weighted by molar-refractivity contribution is 6.43. The number of carbonyl (C=O) groups is 2. The Balaban J connectivity index is 2.30. The molecule has 2 bridgehead atoms. The molecule has 0 spiro atoms. The van der Waals surface area contributed by atoms with Gasteiger partial charge in [-0.1, -0.05) is 65.3 Å². The summed E-state index contributed by atoms with van der Waals surface area (Å²) in [4.78, 5) is 25.5. The highest BCUT2D eigenvalue weighted by Crippen LogP contribution is 2.65. The lowest BCUT2D eigenvalue weighted by Crippen LogP contribution is -2.65. The van der Waals surface area contributed by atoms with Gasteiger partial charge in [-0.3, -0.25) is 9.59 Å². The third-order valence-corrected chi connectivity index (χ3v) is 5.57. The smallest absolute Gasteiger partial charge is 0.210 e. The van der Waals surface area contributed by atoms with E-state index in [1.165, 1.54) is 5.57 Å². The van der Waals surface area contributed by atoms with Crippen LogP contribution in [0.15, 0.2) is 23.8 Å². The lowest BCUT2D eigenvalue weighted by Gasteiger charge is -2.61. The Morgan fingerprint density at radius 2 is 1.60 bits per heavy atom. The number of hydrogen-bond acceptors (Lipinski definition) is 2. The van der Waals surface area contributed by atoms with Crippen molar-refractivity contribution in [3.05, 3.63) is 23.8 Å². The first-order chi connectivity index (χ1) is 9.02. The Labute approximate surface area is 121 Å². The molecular weight excluding hydrogens is 248 g/mol. The fourth-order valence-electron chi connectivity index (χ4n) is 4.38. The molecule has 0 saturated heterocycles. The van der Waals surface area contributed by atoms with Crippen LogP contribution < -0.4 is 0 Å². The molecule has 4 rings (SSSR count). The lowest BCUT2D eigenvalue weighted by atomic mass is 9.40. The average Bonchev–Trinajstić information content (AvgIpc) is 2.22. The quantitative estimate of drug-likeness (QED) is 0.499. The molecule has 0 aromatic rings. The minimum atomic E-state index is -0.638. The van der Waals surface area contributed by atoms with Crippen molar-refractivity contribution in [2.75, 3.05) is 0 Å². The number of carbonyl (C=O) groups excluding carboxylic acids is 2. The highest BCUT2D eigenvalue weighted by Gasteiger charge is 2.67. The zero-order valence-corrected chi connectivity index (χ0v) is 13.3. The van der Waals surface area contributed by atoms with Crippen molar-refractivity contribution in [3.8, 4) is 0 Å². The molecular formula is C18H24O2. The molecule has 4 aliphatic carbocycles. The second-order valence-electron chi connectivity index (χ2n) is 8.63. The first-order valence-corrected chi connectivity index (χ1v) is 7.52. The fourth-order valence-corrected chi connectivity index (χ4v) is 4.38. The summed E-state index contributed by atoms with van der Waals surface area (Å²) in [6.45, 7) is 12.7. The average molecular weight is 272 g/mol. The van der Waals surface area contributed by atoms with Crippen LogP contribution in [0.5, 0.6) is 0 Å². The summed E-state index contributed by atoms with van der Waals surface area (Å²) in [6.07, 6.45) is 6.45. The number of ketones is 2. The molecule has 0 radical (unpaired) electrons. The van der Waals surface area contributed by atoms with Crippen LogP contribution in [0.2, 0.25) is 0 Å². The maximum atomic E-state index is 12.8. The van der Waals surface area contributed by atoms with Gasteiger partial charge in [0.15, 0.2) is 0 Å². The van der Waals surface area contributed by atoms with Gasteiger partial charge in [0, 0.05) is 5.92 Å². The van der Waals surface area contributed by atoms with E-state index in [2.05, 4.69) is 59.8 Å². The van der Waals surface area contributed by atoms with E-state index < -0.39 is 5.41 Å². The van der Waals surface area contributed by atoms with Gasteiger partial charge < -0.3 is 0 Å². The van der Waals surface area contributed by atoms with Gasteiger partial charge in [0.2, 0.25) is 11.6 Å². The van der Waals surface area contributed by atoms with E-state index >= 15 is 0 Å². The van der Waals surface area contributed by atoms with Gasteiger partial charge >= 0.3 is 0 Å². The Bertz CT molecular complexity index is 565. The predicted molar refractivity (Wildman–Crippen MR) is 79.1 cm³/mol. The van der Waals surface area contributed by atoms with Gasteiger partial charge in [-0.25, -0.2) is 0 Å². The fraction of sp³-hybridized carbons (Fsp3) is 0.667.